The van der Waals surface area contributed by atoms with Crippen molar-refractivity contribution >= 4 is 69.6 Å². The van der Waals surface area contributed by atoms with Crippen molar-refractivity contribution in [3.05, 3.63) is 0 Å². The van der Waals surface area contributed by atoms with E-state index in [9.17, 15) is 35.1 Å². The second kappa shape index (κ2) is 5.37. The third-order valence-electron chi connectivity index (χ3n) is 1.90. The summed E-state index contributed by atoms with van der Waals surface area (Å²) in [5.74, 6) is 0. The molecule has 0 fully saturated rings. The molecule has 0 bridgehead atoms. The van der Waals surface area contributed by atoms with E-state index in [0.29, 0.717) is 0 Å². The smallest absolute Gasteiger partial charge is 0.216 e. The number of halogens is 14. The van der Waals surface area contributed by atoms with E-state index < -0.39 is 31.3 Å². The van der Waals surface area contributed by atoms with E-state index in [4.69, 9.17) is 0 Å². The van der Waals surface area contributed by atoms with Gasteiger partial charge in [0.25, 0.3) is 10.3 Å². The van der Waals surface area contributed by atoms with Crippen molar-refractivity contribution in [2.24, 2.45) is 0 Å². The molecule has 0 aromatic heterocycles. The molecule has 0 saturated heterocycles. The standard InChI is InChI=1S/C6Cl6F8/c7-1(13,3(9,15)5(11,17)18)2(8,14)4(10,16)6(12,19)20. The average molecular weight is 437 g/mol. The van der Waals surface area contributed by atoms with Crippen molar-refractivity contribution in [2.45, 2.75) is 31.3 Å². The van der Waals surface area contributed by atoms with Crippen LogP contribution in [0.4, 0.5) is 35.1 Å². The molecule has 20 heavy (non-hydrogen) atoms. The zero-order valence-corrected chi connectivity index (χ0v) is 12.8. The molecule has 0 aliphatic carbocycles. The van der Waals surface area contributed by atoms with Gasteiger partial charge in [-0.15, -0.1) is 0 Å². The van der Waals surface area contributed by atoms with Gasteiger partial charge in [-0.05, 0) is 23.2 Å². The Bertz CT molecular complexity index is 333. The SMILES string of the molecule is FC(F)(Cl)C(F)(Cl)C(F)(Cl)C(F)(Cl)C(F)(Cl)C(F)(F)Cl. The topological polar surface area (TPSA) is 0 Å². The van der Waals surface area contributed by atoms with Gasteiger partial charge in [0.05, 0.1) is 0 Å². The quantitative estimate of drug-likeness (QED) is 0.352. The Hall–Kier alpha value is 1.18. The van der Waals surface area contributed by atoms with Gasteiger partial charge in [0.15, 0.2) is 0 Å². The zero-order valence-electron chi connectivity index (χ0n) is 8.29. The Kier molecular flexibility index (Phi) is 5.69. The van der Waals surface area contributed by atoms with Crippen molar-refractivity contribution in [2.75, 3.05) is 0 Å². The van der Waals surface area contributed by atoms with Crippen LogP contribution in [-0.4, -0.2) is 31.3 Å². The summed E-state index contributed by atoms with van der Waals surface area (Å²) in [6.07, 6.45) is 0. The molecule has 0 radical (unpaired) electrons. The van der Waals surface area contributed by atoms with Crippen molar-refractivity contribution in [1.29, 1.82) is 0 Å². The molecule has 0 aliphatic heterocycles. The van der Waals surface area contributed by atoms with Gasteiger partial charge in [0.2, 0.25) is 0 Å². The third kappa shape index (κ3) is 2.97. The highest BCUT2D eigenvalue weighted by Gasteiger charge is 2.84. The third-order valence-corrected chi connectivity index (χ3v) is 4.94. The maximum Gasteiger partial charge on any atom is 0.373 e. The molecule has 14 heteroatoms. The van der Waals surface area contributed by atoms with Crippen molar-refractivity contribution < 1.29 is 35.1 Å². The van der Waals surface area contributed by atoms with Crippen LogP contribution >= 0.6 is 69.6 Å². The first kappa shape index (κ1) is 21.2. The fraction of sp³-hybridized carbons (Fsp3) is 1.00. The average Bonchev–Trinajstić information content (AvgIpc) is 2.12. The van der Waals surface area contributed by atoms with Gasteiger partial charge in [-0.1, -0.05) is 46.4 Å². The van der Waals surface area contributed by atoms with Crippen molar-refractivity contribution in [1.82, 2.24) is 0 Å². The monoisotopic (exact) mass is 434 g/mol. The minimum atomic E-state index is -5.57. The molecule has 4 atom stereocenters. The summed E-state index contributed by atoms with van der Waals surface area (Å²) in [6, 6.07) is 0. The lowest BCUT2D eigenvalue weighted by Crippen LogP contribution is -2.67. The summed E-state index contributed by atoms with van der Waals surface area (Å²) in [7, 11) is 0. The van der Waals surface area contributed by atoms with Crippen LogP contribution in [0.2, 0.25) is 0 Å². The molecule has 0 aromatic carbocycles. The predicted octanol–water partition coefficient (Wildman–Crippen LogP) is 6.27. The van der Waals surface area contributed by atoms with E-state index in [1.54, 1.807) is 0 Å². The molecule has 0 heterocycles. The second-order valence-electron chi connectivity index (χ2n) is 3.29. The summed E-state index contributed by atoms with van der Waals surface area (Å²) in [5.41, 5.74) is 0. The molecule has 0 saturated carbocycles. The van der Waals surface area contributed by atoms with E-state index in [0.717, 1.165) is 0 Å². The Morgan fingerprint density at radius 1 is 0.350 bits per heavy atom. The Labute approximate surface area is 136 Å². The Balaban J connectivity index is 6.08. The Morgan fingerprint density at radius 2 is 0.500 bits per heavy atom. The van der Waals surface area contributed by atoms with Crippen molar-refractivity contribution in [3.8, 4) is 0 Å². The van der Waals surface area contributed by atoms with Gasteiger partial charge in [0, 0.05) is 0 Å². The molecule has 122 valence electrons. The van der Waals surface area contributed by atoms with Crippen LogP contribution in [0, 0.1) is 0 Å². The Morgan fingerprint density at radius 3 is 0.600 bits per heavy atom. The molecular weight excluding hydrogens is 437 g/mol. The molecule has 0 aromatic rings. The van der Waals surface area contributed by atoms with Gasteiger partial charge in [-0.3, -0.25) is 0 Å². The van der Waals surface area contributed by atoms with Gasteiger partial charge < -0.3 is 0 Å². The molecule has 0 aliphatic rings. The van der Waals surface area contributed by atoms with Gasteiger partial charge in [0.1, 0.15) is 0 Å². The number of rotatable bonds is 5. The van der Waals surface area contributed by atoms with Crippen LogP contribution in [0.3, 0.4) is 0 Å². The van der Waals surface area contributed by atoms with Crippen LogP contribution in [0.15, 0.2) is 0 Å². The lowest BCUT2D eigenvalue weighted by molar-refractivity contribution is -0.159. The highest BCUT2D eigenvalue weighted by Crippen LogP contribution is 2.64. The van der Waals surface area contributed by atoms with Crippen LogP contribution in [0.1, 0.15) is 0 Å². The van der Waals surface area contributed by atoms with Crippen LogP contribution in [-0.2, 0) is 0 Å². The van der Waals surface area contributed by atoms with E-state index in [1.807, 2.05) is 0 Å². The fourth-order valence-electron chi connectivity index (χ4n) is 0.750. The molecule has 0 spiro atoms. The van der Waals surface area contributed by atoms with E-state index >= 15 is 0 Å². The number of hydrogen-bond acceptors (Lipinski definition) is 0. The van der Waals surface area contributed by atoms with E-state index in [-0.39, 0.29) is 0 Å². The summed E-state index contributed by atoms with van der Waals surface area (Å²) in [4.78, 5) is 0. The molecule has 0 nitrogen and oxygen atoms in total. The van der Waals surface area contributed by atoms with Crippen LogP contribution < -0.4 is 0 Å². The van der Waals surface area contributed by atoms with E-state index in [2.05, 4.69) is 69.6 Å². The van der Waals surface area contributed by atoms with Gasteiger partial charge >= 0.3 is 21.0 Å². The van der Waals surface area contributed by atoms with E-state index in [1.165, 1.54) is 0 Å². The minimum Gasteiger partial charge on any atom is -0.216 e. The summed E-state index contributed by atoms with van der Waals surface area (Å²) in [6.45, 7) is 0. The highest BCUT2D eigenvalue weighted by atomic mass is 35.5. The lowest BCUT2D eigenvalue weighted by atomic mass is 10.0. The highest BCUT2D eigenvalue weighted by molar-refractivity contribution is 6.45. The van der Waals surface area contributed by atoms with Gasteiger partial charge in [-0.25, -0.2) is 17.6 Å². The maximum absolute atomic E-state index is 13.6. The van der Waals surface area contributed by atoms with Crippen LogP contribution in [0.5, 0.6) is 0 Å². The summed E-state index contributed by atoms with van der Waals surface area (Å²) in [5, 5.41) is -33.1. The number of alkyl halides is 14. The number of hydrogen-bond donors (Lipinski definition) is 0. The predicted molar refractivity (Wildman–Crippen MR) is 60.4 cm³/mol. The lowest BCUT2D eigenvalue weighted by Gasteiger charge is -2.42. The first-order valence-electron chi connectivity index (χ1n) is 3.90. The normalized spacial score (nSPS) is 26.1. The largest absolute Gasteiger partial charge is 0.373 e. The second-order valence-corrected chi connectivity index (χ2v) is 6.33. The molecule has 0 amide bonds. The zero-order chi connectivity index (χ0) is 17.0. The molecule has 4 unspecified atom stereocenters. The summed E-state index contributed by atoms with van der Waals surface area (Å²) < 4.78 is 104. The molecular formula is C6Cl6F8. The first-order valence-corrected chi connectivity index (χ1v) is 6.16. The van der Waals surface area contributed by atoms with Crippen LogP contribution in [0.25, 0.3) is 0 Å². The summed E-state index contributed by atoms with van der Waals surface area (Å²) >= 11 is 25.2. The van der Waals surface area contributed by atoms with Crippen molar-refractivity contribution in [3.63, 3.8) is 0 Å². The molecule has 0 rings (SSSR count). The van der Waals surface area contributed by atoms with Gasteiger partial charge in [-0.2, -0.15) is 17.6 Å². The minimum absolute atomic E-state index is 4.00. The maximum atomic E-state index is 13.6. The molecule has 0 N–H and O–H groups in total. The first-order chi connectivity index (χ1) is 8.25. The fourth-order valence-corrected chi connectivity index (χ4v) is 1.96.